The monoisotopic (exact) mass is 415 g/mol. The number of benzene rings is 2. The molecule has 0 saturated carbocycles. The summed E-state index contributed by atoms with van der Waals surface area (Å²) in [6, 6.07) is 15.3. The molecule has 2 heterocycles. The van der Waals surface area contributed by atoms with Crippen LogP contribution in [0, 0.1) is 0 Å². The molecule has 2 aliphatic rings. The maximum absolute atomic E-state index is 12.8. The number of hydrogen-bond donors (Lipinski definition) is 2. The second-order valence-corrected chi connectivity index (χ2v) is 7.34. The number of amides is 2. The van der Waals surface area contributed by atoms with Crippen LogP contribution in [0.1, 0.15) is 28.8 Å². The van der Waals surface area contributed by atoms with Gasteiger partial charge in [0.25, 0.3) is 11.8 Å². The van der Waals surface area contributed by atoms with Crippen molar-refractivity contribution in [3.63, 3.8) is 0 Å². The van der Waals surface area contributed by atoms with Gasteiger partial charge in [-0.05, 0) is 49.7 Å². The van der Waals surface area contributed by atoms with Crippen molar-refractivity contribution in [3.8, 4) is 5.75 Å². The van der Waals surface area contributed by atoms with Gasteiger partial charge >= 0.3 is 0 Å². The van der Waals surface area contributed by atoms with Crippen molar-refractivity contribution in [3.05, 3.63) is 59.7 Å². The Hall–Kier alpha value is -2.57. The van der Waals surface area contributed by atoms with Crippen LogP contribution in [0.25, 0.3) is 0 Å². The lowest BCUT2D eigenvalue weighted by Gasteiger charge is -2.32. The van der Waals surface area contributed by atoms with Gasteiger partial charge in [-0.15, -0.1) is 12.4 Å². The van der Waals surface area contributed by atoms with E-state index in [0.29, 0.717) is 23.7 Å². The van der Waals surface area contributed by atoms with Crippen molar-refractivity contribution in [2.45, 2.75) is 31.4 Å². The molecule has 1 atom stereocenters. The second-order valence-electron chi connectivity index (χ2n) is 7.34. The van der Waals surface area contributed by atoms with Crippen molar-refractivity contribution < 1.29 is 14.3 Å². The Morgan fingerprint density at radius 3 is 2.55 bits per heavy atom. The Morgan fingerprint density at radius 2 is 1.83 bits per heavy atom. The highest BCUT2D eigenvalue weighted by molar-refractivity contribution is 5.98. The highest BCUT2D eigenvalue weighted by Gasteiger charge is 2.29. The standard InChI is InChI=1S/C22H25N3O3.ClH/c1-23-17-9-11-25(12-10-17)22(27)16-6-4-7-18(13-16)24-21(26)20-14-15-5-2-3-8-19(15)28-20;/h2-8,13,17,20,23H,9-12,14H2,1H3,(H,24,26);1H. The van der Waals surface area contributed by atoms with Crippen LogP contribution in [0.3, 0.4) is 0 Å². The molecule has 0 bridgehead atoms. The number of halogens is 1. The molecular formula is C22H26ClN3O3. The summed E-state index contributed by atoms with van der Waals surface area (Å²) in [6.07, 6.45) is 1.93. The van der Waals surface area contributed by atoms with Gasteiger partial charge in [0.15, 0.2) is 6.10 Å². The van der Waals surface area contributed by atoms with Crippen molar-refractivity contribution >= 4 is 29.9 Å². The van der Waals surface area contributed by atoms with E-state index in [0.717, 1.165) is 37.2 Å². The van der Waals surface area contributed by atoms with E-state index in [2.05, 4.69) is 10.6 Å². The summed E-state index contributed by atoms with van der Waals surface area (Å²) in [4.78, 5) is 27.3. The third-order valence-electron chi connectivity index (χ3n) is 5.51. The summed E-state index contributed by atoms with van der Waals surface area (Å²) in [5.74, 6) is 0.572. The third kappa shape index (κ3) is 4.71. The third-order valence-corrected chi connectivity index (χ3v) is 5.51. The zero-order chi connectivity index (χ0) is 19.5. The number of fused-ring (bicyclic) bond motifs is 1. The lowest BCUT2D eigenvalue weighted by Crippen LogP contribution is -2.43. The van der Waals surface area contributed by atoms with Crippen LogP contribution in [0.15, 0.2) is 48.5 Å². The van der Waals surface area contributed by atoms with Gasteiger partial charge in [0.2, 0.25) is 0 Å². The van der Waals surface area contributed by atoms with Gasteiger partial charge in [-0.2, -0.15) is 0 Å². The van der Waals surface area contributed by atoms with Crippen molar-refractivity contribution in [1.82, 2.24) is 10.2 Å². The molecule has 0 aromatic heterocycles. The fourth-order valence-electron chi connectivity index (χ4n) is 3.83. The van der Waals surface area contributed by atoms with Crippen LogP contribution in [0.2, 0.25) is 0 Å². The van der Waals surface area contributed by atoms with Crippen molar-refractivity contribution in [1.29, 1.82) is 0 Å². The minimum atomic E-state index is -0.544. The number of hydrogen-bond acceptors (Lipinski definition) is 4. The summed E-state index contributed by atoms with van der Waals surface area (Å²) < 4.78 is 5.74. The molecule has 4 rings (SSSR count). The van der Waals surface area contributed by atoms with Crippen LogP contribution in [-0.4, -0.2) is 49.0 Å². The summed E-state index contributed by atoms with van der Waals surface area (Å²) >= 11 is 0. The average molecular weight is 416 g/mol. The molecular weight excluding hydrogens is 390 g/mol. The fourth-order valence-corrected chi connectivity index (χ4v) is 3.83. The highest BCUT2D eigenvalue weighted by atomic mass is 35.5. The number of rotatable bonds is 4. The number of carbonyl (C=O) groups is 2. The molecule has 0 aliphatic carbocycles. The van der Waals surface area contributed by atoms with Gasteiger partial charge in [-0.25, -0.2) is 0 Å². The van der Waals surface area contributed by atoms with E-state index >= 15 is 0 Å². The molecule has 1 saturated heterocycles. The molecule has 6 nitrogen and oxygen atoms in total. The Kier molecular flexibility index (Phi) is 6.77. The zero-order valence-corrected chi connectivity index (χ0v) is 17.2. The number of ether oxygens (including phenoxy) is 1. The highest BCUT2D eigenvalue weighted by Crippen LogP contribution is 2.28. The Bertz CT molecular complexity index is 856. The molecule has 2 amide bonds. The molecule has 154 valence electrons. The number of para-hydroxylation sites is 1. The molecule has 1 unspecified atom stereocenters. The van der Waals surface area contributed by atoms with Crippen LogP contribution < -0.4 is 15.4 Å². The largest absolute Gasteiger partial charge is 0.480 e. The predicted molar refractivity (Wildman–Crippen MR) is 115 cm³/mol. The first-order valence-corrected chi connectivity index (χ1v) is 9.76. The molecule has 0 radical (unpaired) electrons. The number of carbonyl (C=O) groups excluding carboxylic acids is 2. The Labute approximate surface area is 177 Å². The number of anilines is 1. The first-order valence-electron chi connectivity index (χ1n) is 9.76. The zero-order valence-electron chi connectivity index (χ0n) is 16.4. The van der Waals surface area contributed by atoms with Gasteiger partial charge in [-0.3, -0.25) is 9.59 Å². The smallest absolute Gasteiger partial charge is 0.265 e. The van der Waals surface area contributed by atoms with E-state index in [9.17, 15) is 9.59 Å². The van der Waals surface area contributed by atoms with Crippen LogP contribution in [-0.2, 0) is 11.2 Å². The van der Waals surface area contributed by atoms with Gasteiger partial charge in [0.05, 0.1) is 0 Å². The molecule has 2 aliphatic heterocycles. The minimum absolute atomic E-state index is 0. The van der Waals surface area contributed by atoms with Gasteiger partial charge in [0, 0.05) is 36.8 Å². The molecule has 29 heavy (non-hydrogen) atoms. The first kappa shape index (κ1) is 21.1. The summed E-state index contributed by atoms with van der Waals surface area (Å²) in [7, 11) is 1.96. The number of nitrogens with zero attached hydrogens (tertiary/aromatic N) is 1. The molecule has 2 N–H and O–H groups in total. The lowest BCUT2D eigenvalue weighted by atomic mass is 10.0. The molecule has 1 fully saturated rings. The molecule has 7 heteroatoms. The lowest BCUT2D eigenvalue weighted by molar-refractivity contribution is -0.122. The van der Waals surface area contributed by atoms with Crippen LogP contribution in [0.4, 0.5) is 5.69 Å². The molecule has 0 spiro atoms. The Morgan fingerprint density at radius 1 is 1.07 bits per heavy atom. The average Bonchev–Trinajstić information content (AvgIpc) is 3.18. The SMILES string of the molecule is CNC1CCN(C(=O)c2cccc(NC(=O)C3Cc4ccccc4O3)c2)CC1.Cl. The maximum atomic E-state index is 12.8. The summed E-state index contributed by atoms with van der Waals surface area (Å²) in [5, 5.41) is 6.16. The number of likely N-dealkylation sites (tertiary alicyclic amines) is 1. The van der Waals surface area contributed by atoms with E-state index in [1.165, 1.54) is 0 Å². The minimum Gasteiger partial charge on any atom is -0.480 e. The summed E-state index contributed by atoms with van der Waals surface area (Å²) in [6.45, 7) is 1.49. The van der Waals surface area contributed by atoms with Gasteiger partial charge in [0.1, 0.15) is 5.75 Å². The van der Waals surface area contributed by atoms with E-state index in [-0.39, 0.29) is 24.2 Å². The summed E-state index contributed by atoms with van der Waals surface area (Å²) in [5.41, 5.74) is 2.24. The van der Waals surface area contributed by atoms with E-state index in [1.807, 2.05) is 36.2 Å². The fraction of sp³-hybridized carbons (Fsp3) is 0.364. The Balaban J connectivity index is 0.00000240. The quantitative estimate of drug-likeness (QED) is 0.805. The number of nitrogens with one attached hydrogen (secondary N) is 2. The number of piperidine rings is 1. The van der Waals surface area contributed by atoms with E-state index in [1.54, 1.807) is 24.3 Å². The molecule has 2 aromatic rings. The van der Waals surface area contributed by atoms with E-state index < -0.39 is 6.10 Å². The topological polar surface area (TPSA) is 70.7 Å². The van der Waals surface area contributed by atoms with Gasteiger partial charge < -0.3 is 20.3 Å². The van der Waals surface area contributed by atoms with Crippen molar-refractivity contribution in [2.75, 3.05) is 25.5 Å². The maximum Gasteiger partial charge on any atom is 0.265 e. The molecule has 2 aromatic carbocycles. The van der Waals surface area contributed by atoms with E-state index in [4.69, 9.17) is 4.74 Å². The normalized spacial score (nSPS) is 18.4. The van der Waals surface area contributed by atoms with Crippen molar-refractivity contribution in [2.24, 2.45) is 0 Å². The second kappa shape index (κ2) is 9.29. The van der Waals surface area contributed by atoms with Crippen LogP contribution >= 0.6 is 12.4 Å². The van der Waals surface area contributed by atoms with Gasteiger partial charge in [-0.1, -0.05) is 24.3 Å². The predicted octanol–water partition coefficient (Wildman–Crippen LogP) is 2.87. The van der Waals surface area contributed by atoms with Crippen LogP contribution in [0.5, 0.6) is 5.75 Å². The first-order chi connectivity index (χ1) is 13.6.